The number of anilines is 1. The second-order valence-corrected chi connectivity index (χ2v) is 7.43. The average molecular weight is 341 g/mol. The van der Waals surface area contributed by atoms with Gasteiger partial charge in [-0.05, 0) is 26.0 Å². The lowest BCUT2D eigenvalue weighted by atomic mass is 10.1. The number of piperazine rings is 1. The lowest BCUT2D eigenvalue weighted by Gasteiger charge is -2.32. The van der Waals surface area contributed by atoms with E-state index in [1.54, 1.807) is 6.20 Å². The monoisotopic (exact) mass is 341 g/mol. The van der Waals surface area contributed by atoms with Crippen LogP contribution in [0.1, 0.15) is 44.6 Å². The molecule has 3 heterocycles. The molecule has 0 bridgehead atoms. The molecule has 1 saturated carbocycles. The largest absolute Gasteiger partial charge is 0.338 e. The van der Waals surface area contributed by atoms with Crippen LogP contribution in [0.2, 0.25) is 0 Å². The Morgan fingerprint density at radius 2 is 1.76 bits per heavy atom. The van der Waals surface area contributed by atoms with Gasteiger partial charge in [-0.25, -0.2) is 9.97 Å². The summed E-state index contributed by atoms with van der Waals surface area (Å²) in [4.78, 5) is 26.6. The third-order valence-electron chi connectivity index (χ3n) is 5.67. The smallest absolute Gasteiger partial charge is 0.261 e. The third-order valence-corrected chi connectivity index (χ3v) is 5.67. The fourth-order valence-electron chi connectivity index (χ4n) is 4.02. The first-order chi connectivity index (χ1) is 12.2. The molecular formula is C19H27N5O. The van der Waals surface area contributed by atoms with Crippen molar-refractivity contribution < 1.29 is 0 Å². The van der Waals surface area contributed by atoms with Gasteiger partial charge in [0.15, 0.2) is 0 Å². The number of pyridine rings is 1. The Morgan fingerprint density at radius 1 is 1.04 bits per heavy atom. The predicted molar refractivity (Wildman–Crippen MR) is 100 cm³/mol. The molecule has 134 valence electrons. The van der Waals surface area contributed by atoms with Gasteiger partial charge in [-0.1, -0.05) is 25.7 Å². The summed E-state index contributed by atoms with van der Waals surface area (Å²) in [5, 5.41) is 0.643. The minimum absolute atomic E-state index is 0.0642. The highest BCUT2D eigenvalue weighted by Crippen LogP contribution is 2.26. The molecule has 25 heavy (non-hydrogen) atoms. The normalized spacial score (nSPS) is 20.8. The van der Waals surface area contributed by atoms with Gasteiger partial charge in [0.2, 0.25) is 5.95 Å². The lowest BCUT2D eigenvalue weighted by molar-refractivity contribution is 0.311. The molecular weight excluding hydrogens is 314 g/mol. The molecule has 1 aliphatic carbocycles. The molecule has 6 heteroatoms. The van der Waals surface area contributed by atoms with E-state index in [0.717, 1.165) is 50.5 Å². The zero-order valence-corrected chi connectivity index (χ0v) is 15.0. The summed E-state index contributed by atoms with van der Waals surface area (Å²) in [5.41, 5.74) is 0.827. The quantitative estimate of drug-likeness (QED) is 0.785. The van der Waals surface area contributed by atoms with Gasteiger partial charge in [-0.15, -0.1) is 0 Å². The third kappa shape index (κ3) is 3.40. The van der Waals surface area contributed by atoms with Crippen LogP contribution in [0.5, 0.6) is 0 Å². The van der Waals surface area contributed by atoms with Gasteiger partial charge in [0.1, 0.15) is 0 Å². The van der Waals surface area contributed by atoms with Crippen LogP contribution in [0.4, 0.5) is 5.95 Å². The van der Waals surface area contributed by atoms with Gasteiger partial charge in [0, 0.05) is 44.6 Å². The van der Waals surface area contributed by atoms with E-state index in [1.807, 2.05) is 16.8 Å². The summed E-state index contributed by atoms with van der Waals surface area (Å²) >= 11 is 0. The SMILES string of the molecule is CN1CCN(c2ncc3c(=O)n(C4CCCCCC4)ccc3n2)CC1. The van der Waals surface area contributed by atoms with Crippen LogP contribution in [0.25, 0.3) is 10.9 Å². The Labute approximate surface area is 148 Å². The zero-order chi connectivity index (χ0) is 17.2. The Bertz CT molecular complexity index is 786. The number of likely N-dealkylation sites (N-methyl/N-ethyl adjacent to an activating group) is 1. The van der Waals surface area contributed by atoms with E-state index < -0.39 is 0 Å². The van der Waals surface area contributed by atoms with Crippen molar-refractivity contribution in [2.45, 2.75) is 44.6 Å². The molecule has 1 aliphatic heterocycles. The van der Waals surface area contributed by atoms with E-state index in [4.69, 9.17) is 0 Å². The Morgan fingerprint density at radius 3 is 2.48 bits per heavy atom. The van der Waals surface area contributed by atoms with Crippen molar-refractivity contribution in [3.8, 4) is 0 Å². The number of nitrogens with zero attached hydrogens (tertiary/aromatic N) is 5. The predicted octanol–water partition coefficient (Wildman–Crippen LogP) is 2.44. The summed E-state index contributed by atoms with van der Waals surface area (Å²) in [6.07, 6.45) is 10.9. The first-order valence-electron chi connectivity index (χ1n) is 9.54. The summed E-state index contributed by atoms with van der Waals surface area (Å²) in [7, 11) is 2.13. The average Bonchev–Trinajstić information content (AvgIpc) is 2.92. The Hall–Kier alpha value is -1.95. The maximum absolute atomic E-state index is 12.9. The molecule has 0 radical (unpaired) electrons. The van der Waals surface area contributed by atoms with E-state index in [0.29, 0.717) is 11.4 Å². The van der Waals surface area contributed by atoms with Gasteiger partial charge >= 0.3 is 0 Å². The summed E-state index contributed by atoms with van der Waals surface area (Å²) in [6, 6.07) is 2.32. The Kier molecular flexibility index (Phi) is 4.70. The fraction of sp³-hybridized carbons (Fsp3) is 0.632. The van der Waals surface area contributed by atoms with Crippen molar-refractivity contribution >= 4 is 16.9 Å². The van der Waals surface area contributed by atoms with Crippen LogP contribution in [0, 0.1) is 0 Å². The van der Waals surface area contributed by atoms with E-state index >= 15 is 0 Å². The number of rotatable bonds is 2. The van der Waals surface area contributed by atoms with Crippen molar-refractivity contribution in [1.82, 2.24) is 19.4 Å². The summed E-state index contributed by atoms with van der Waals surface area (Å²) in [5.74, 6) is 0.743. The molecule has 2 fully saturated rings. The number of hydrogen-bond donors (Lipinski definition) is 0. The molecule has 0 spiro atoms. The molecule has 0 aromatic carbocycles. The standard InChI is InChI=1S/C19H27N5O/c1-22-10-12-23(13-11-22)19-20-14-16-17(21-19)8-9-24(18(16)25)15-6-4-2-3-5-7-15/h8-9,14-15H,2-7,10-13H2,1H3. The zero-order valence-electron chi connectivity index (χ0n) is 15.0. The first-order valence-corrected chi connectivity index (χ1v) is 9.54. The summed E-state index contributed by atoms with van der Waals surface area (Å²) in [6.45, 7) is 3.90. The van der Waals surface area contributed by atoms with Gasteiger partial charge < -0.3 is 14.4 Å². The van der Waals surface area contributed by atoms with Crippen LogP contribution < -0.4 is 10.5 Å². The van der Waals surface area contributed by atoms with Crippen molar-refractivity contribution in [3.63, 3.8) is 0 Å². The molecule has 2 aromatic heterocycles. The molecule has 0 atom stereocenters. The van der Waals surface area contributed by atoms with E-state index in [1.165, 1.54) is 25.7 Å². The van der Waals surface area contributed by atoms with E-state index in [2.05, 4.69) is 26.8 Å². The molecule has 0 N–H and O–H groups in total. The van der Waals surface area contributed by atoms with Crippen molar-refractivity contribution in [2.24, 2.45) is 0 Å². The van der Waals surface area contributed by atoms with E-state index in [9.17, 15) is 4.79 Å². The topological polar surface area (TPSA) is 54.3 Å². The number of fused-ring (bicyclic) bond motifs is 1. The highest BCUT2D eigenvalue weighted by Gasteiger charge is 2.19. The second kappa shape index (κ2) is 7.12. The maximum atomic E-state index is 12.9. The highest BCUT2D eigenvalue weighted by molar-refractivity contribution is 5.77. The van der Waals surface area contributed by atoms with Crippen LogP contribution in [0.3, 0.4) is 0 Å². The lowest BCUT2D eigenvalue weighted by Crippen LogP contribution is -2.45. The van der Waals surface area contributed by atoms with Crippen LogP contribution >= 0.6 is 0 Å². The summed E-state index contributed by atoms with van der Waals surface area (Å²) < 4.78 is 1.92. The minimum atomic E-state index is 0.0642. The van der Waals surface area contributed by atoms with Crippen molar-refractivity contribution in [2.75, 3.05) is 38.1 Å². The molecule has 0 unspecified atom stereocenters. The van der Waals surface area contributed by atoms with Gasteiger partial charge in [-0.2, -0.15) is 0 Å². The molecule has 1 saturated heterocycles. The van der Waals surface area contributed by atoms with Crippen molar-refractivity contribution in [3.05, 3.63) is 28.8 Å². The van der Waals surface area contributed by atoms with Crippen molar-refractivity contribution in [1.29, 1.82) is 0 Å². The molecule has 0 amide bonds. The van der Waals surface area contributed by atoms with Gasteiger partial charge in [-0.3, -0.25) is 4.79 Å². The maximum Gasteiger partial charge on any atom is 0.261 e. The Balaban J connectivity index is 1.64. The first kappa shape index (κ1) is 16.5. The minimum Gasteiger partial charge on any atom is -0.338 e. The second-order valence-electron chi connectivity index (χ2n) is 7.43. The van der Waals surface area contributed by atoms with Gasteiger partial charge in [0.05, 0.1) is 10.9 Å². The van der Waals surface area contributed by atoms with Gasteiger partial charge in [0.25, 0.3) is 5.56 Å². The highest BCUT2D eigenvalue weighted by atomic mass is 16.1. The number of aromatic nitrogens is 3. The molecule has 4 rings (SSSR count). The van der Waals surface area contributed by atoms with Crippen LogP contribution in [0.15, 0.2) is 23.3 Å². The van der Waals surface area contributed by atoms with E-state index in [-0.39, 0.29) is 5.56 Å². The van der Waals surface area contributed by atoms with Crippen LogP contribution in [-0.4, -0.2) is 52.7 Å². The molecule has 2 aliphatic rings. The molecule has 2 aromatic rings. The fourth-order valence-corrected chi connectivity index (χ4v) is 4.02. The molecule has 6 nitrogen and oxygen atoms in total. The number of hydrogen-bond acceptors (Lipinski definition) is 5. The van der Waals surface area contributed by atoms with Crippen LogP contribution in [-0.2, 0) is 0 Å².